The van der Waals surface area contributed by atoms with Crippen LogP contribution in [0.5, 0.6) is 11.5 Å². The summed E-state index contributed by atoms with van der Waals surface area (Å²) in [6.07, 6.45) is 0. The Labute approximate surface area is 286 Å². The molecule has 0 saturated heterocycles. The van der Waals surface area contributed by atoms with Gasteiger partial charge in [-0.1, -0.05) is 35.4 Å². The fourth-order valence-electron chi connectivity index (χ4n) is 4.68. The van der Waals surface area contributed by atoms with E-state index in [4.69, 9.17) is 9.47 Å². The molecule has 0 bridgehead atoms. The van der Waals surface area contributed by atoms with Gasteiger partial charge in [0.05, 0.1) is 24.0 Å². The van der Waals surface area contributed by atoms with Gasteiger partial charge in [0.1, 0.15) is 33.2 Å². The van der Waals surface area contributed by atoms with Gasteiger partial charge in [0, 0.05) is 11.1 Å². The third-order valence-corrected chi connectivity index (χ3v) is 13.3. The summed E-state index contributed by atoms with van der Waals surface area (Å²) in [5.41, 5.74) is 3.10. The number of rotatable bonds is 11. The van der Waals surface area contributed by atoms with Crippen LogP contribution in [0.4, 0.5) is 0 Å². The topological polar surface area (TPSA) is 144 Å². The van der Waals surface area contributed by atoms with E-state index in [0.29, 0.717) is 34.3 Å². The number of imidazole rings is 2. The minimum Gasteiger partial charge on any atom is -0.497 e. The summed E-state index contributed by atoms with van der Waals surface area (Å²) in [5, 5.41) is 0.0326. The van der Waals surface area contributed by atoms with Crippen molar-refractivity contribution in [2.45, 2.75) is 43.7 Å². The number of aryl methyl sites for hydroxylation is 2. The Morgan fingerprint density at radius 2 is 0.854 bits per heavy atom. The Morgan fingerprint density at radius 3 is 1.17 bits per heavy atom. The summed E-state index contributed by atoms with van der Waals surface area (Å²) in [7, 11) is -3.01. The monoisotopic (exact) mass is 718 g/mol. The highest BCUT2D eigenvalue weighted by molar-refractivity contribution is 8.76. The van der Waals surface area contributed by atoms with Crippen molar-refractivity contribution in [3.05, 3.63) is 108 Å². The number of hydrogen-bond donors (Lipinski definition) is 2. The molecule has 246 valence electrons. The fourth-order valence-corrected chi connectivity index (χ4v) is 10.2. The second-order valence-corrected chi connectivity index (χ2v) is 16.6. The number of nitrogens with one attached hydrogen (secondary N) is 2. The molecule has 10 nitrogen and oxygen atoms in total. The molecule has 0 aliphatic heterocycles. The van der Waals surface area contributed by atoms with E-state index in [-0.39, 0.29) is 29.9 Å². The van der Waals surface area contributed by atoms with Crippen molar-refractivity contribution in [2.24, 2.45) is 0 Å². The van der Waals surface area contributed by atoms with Crippen molar-refractivity contribution >= 4 is 41.3 Å². The van der Waals surface area contributed by atoms with Crippen molar-refractivity contribution in [1.82, 2.24) is 19.9 Å². The van der Waals surface area contributed by atoms with Crippen LogP contribution in [0.25, 0.3) is 22.8 Å². The van der Waals surface area contributed by atoms with Crippen LogP contribution in [-0.4, -0.2) is 51.0 Å². The first-order chi connectivity index (χ1) is 23.0. The first kappa shape index (κ1) is 33.4. The number of ether oxygens (including phenoxy) is 2. The second-order valence-electron chi connectivity index (χ2n) is 10.7. The lowest BCUT2D eigenvalue weighted by Gasteiger charge is -2.06. The van der Waals surface area contributed by atoms with Crippen LogP contribution >= 0.6 is 21.6 Å². The molecule has 4 aromatic carbocycles. The number of methoxy groups -OCH3 is 2. The third kappa shape index (κ3) is 6.74. The van der Waals surface area contributed by atoms with E-state index in [1.165, 1.54) is 0 Å². The summed E-state index contributed by atoms with van der Waals surface area (Å²) < 4.78 is 66.4. The van der Waals surface area contributed by atoms with Crippen molar-refractivity contribution in [2.75, 3.05) is 14.2 Å². The van der Waals surface area contributed by atoms with Gasteiger partial charge in [0.2, 0.25) is 19.7 Å². The molecule has 0 radical (unpaired) electrons. The zero-order chi connectivity index (χ0) is 34.1. The highest BCUT2D eigenvalue weighted by atomic mass is 33.1. The summed E-state index contributed by atoms with van der Waals surface area (Å²) in [5.74, 6) is 1.91. The third-order valence-electron chi connectivity index (χ3n) is 7.41. The van der Waals surface area contributed by atoms with Crippen LogP contribution in [-0.2, 0) is 19.7 Å². The molecule has 0 saturated carbocycles. The van der Waals surface area contributed by atoms with Gasteiger partial charge < -0.3 is 19.4 Å². The van der Waals surface area contributed by atoms with Crippen LogP contribution in [0.1, 0.15) is 11.1 Å². The number of benzene rings is 4. The molecule has 0 atom stereocenters. The summed E-state index contributed by atoms with van der Waals surface area (Å²) in [6.45, 7) is 3.75. The molecule has 0 aliphatic rings. The lowest BCUT2D eigenvalue weighted by molar-refractivity contribution is 0.414. The van der Waals surface area contributed by atoms with Gasteiger partial charge in [-0.15, -0.1) is 0 Å². The smallest absolute Gasteiger partial charge is 0.224 e. The van der Waals surface area contributed by atoms with E-state index < -0.39 is 19.7 Å². The second kappa shape index (κ2) is 13.5. The van der Waals surface area contributed by atoms with Gasteiger partial charge in [-0.3, -0.25) is 0 Å². The van der Waals surface area contributed by atoms with Gasteiger partial charge in [-0.2, -0.15) is 0 Å². The lowest BCUT2D eigenvalue weighted by atomic mass is 10.2. The number of nitrogens with zero attached hydrogens (tertiary/aromatic N) is 2. The van der Waals surface area contributed by atoms with Crippen LogP contribution in [0.15, 0.2) is 127 Å². The standard InChI is InChI=1S/C34H30N4O6S4/c1-21-5-17-27(18-6-21)47(39,40)33-31(35-29(37-33)23-9-13-25(43-3)14-10-23)45-46-32-34(48(41,42)28-19-7-22(2)8-20-28)38-30(36-32)24-11-15-26(44-4)16-12-24/h5-20H,1-4H3,(H,35,37)(H,36,38). The van der Waals surface area contributed by atoms with Crippen molar-refractivity contribution in [3.8, 4) is 34.3 Å². The average molecular weight is 719 g/mol. The SMILES string of the molecule is COc1ccc(-c2nc(SSc3nc(-c4ccc(OC)cc4)[nH]c3S(=O)(=O)c3ccc(C)cc3)c(S(=O)(=O)c3ccc(C)cc3)[nH]2)cc1. The molecule has 48 heavy (non-hydrogen) atoms. The maximum absolute atomic E-state index is 14.0. The molecule has 6 rings (SSSR count). The number of sulfone groups is 2. The number of aromatic nitrogens is 4. The molecule has 0 spiro atoms. The van der Waals surface area contributed by atoms with Crippen LogP contribution in [0.3, 0.4) is 0 Å². The fraction of sp³-hybridized carbons (Fsp3) is 0.118. The number of aromatic amines is 2. The largest absolute Gasteiger partial charge is 0.497 e. The normalized spacial score (nSPS) is 11.8. The first-order valence-corrected chi connectivity index (χ1v) is 19.6. The maximum Gasteiger partial charge on any atom is 0.224 e. The van der Waals surface area contributed by atoms with Crippen molar-refractivity contribution < 1.29 is 26.3 Å². The average Bonchev–Trinajstić information content (AvgIpc) is 3.74. The zero-order valence-electron chi connectivity index (χ0n) is 26.2. The van der Waals surface area contributed by atoms with E-state index in [2.05, 4.69) is 19.9 Å². The van der Waals surface area contributed by atoms with Crippen molar-refractivity contribution in [3.63, 3.8) is 0 Å². The highest BCUT2D eigenvalue weighted by Gasteiger charge is 2.30. The molecule has 2 N–H and O–H groups in total. The Kier molecular flexibility index (Phi) is 9.43. The Bertz CT molecular complexity index is 2120. The summed E-state index contributed by atoms with van der Waals surface area (Å²) in [6, 6.07) is 27.1. The maximum atomic E-state index is 14.0. The molecule has 0 fully saturated rings. The quantitative estimate of drug-likeness (QED) is 0.129. The van der Waals surface area contributed by atoms with Gasteiger partial charge in [0.25, 0.3) is 0 Å². The molecule has 2 heterocycles. The van der Waals surface area contributed by atoms with E-state index in [1.807, 2.05) is 13.8 Å². The zero-order valence-corrected chi connectivity index (χ0v) is 29.5. The summed E-state index contributed by atoms with van der Waals surface area (Å²) >= 11 is 0. The molecule has 0 unspecified atom stereocenters. The summed E-state index contributed by atoms with van der Waals surface area (Å²) in [4.78, 5) is 15.5. The van der Waals surface area contributed by atoms with Crippen molar-refractivity contribution in [1.29, 1.82) is 0 Å². The van der Waals surface area contributed by atoms with E-state index in [1.54, 1.807) is 111 Å². The molecule has 14 heteroatoms. The lowest BCUT2D eigenvalue weighted by Crippen LogP contribution is -2.04. The molecule has 0 amide bonds. The molecule has 2 aromatic heterocycles. The first-order valence-electron chi connectivity index (χ1n) is 14.5. The van der Waals surface area contributed by atoms with Crippen LogP contribution in [0.2, 0.25) is 0 Å². The number of H-pyrrole nitrogens is 2. The Hall–Kier alpha value is -4.50. The minimum absolute atomic E-state index is 0.0917. The molecular formula is C34H30N4O6S4. The molecular weight excluding hydrogens is 689 g/mol. The predicted octanol–water partition coefficient (Wildman–Crippen LogP) is 7.57. The van der Waals surface area contributed by atoms with E-state index in [0.717, 1.165) is 32.7 Å². The molecule has 6 aromatic rings. The number of hydrogen-bond acceptors (Lipinski definition) is 10. The predicted molar refractivity (Wildman–Crippen MR) is 186 cm³/mol. The van der Waals surface area contributed by atoms with Gasteiger partial charge in [0.15, 0.2) is 10.1 Å². The van der Waals surface area contributed by atoms with Gasteiger partial charge >= 0.3 is 0 Å². The van der Waals surface area contributed by atoms with Crippen LogP contribution < -0.4 is 9.47 Å². The van der Waals surface area contributed by atoms with E-state index >= 15 is 0 Å². The Morgan fingerprint density at radius 1 is 0.521 bits per heavy atom. The highest BCUT2D eigenvalue weighted by Crippen LogP contribution is 2.44. The van der Waals surface area contributed by atoms with Gasteiger partial charge in [-0.25, -0.2) is 26.8 Å². The minimum atomic E-state index is -4.06. The van der Waals surface area contributed by atoms with Gasteiger partial charge in [-0.05, 0) is 108 Å². The Balaban J connectivity index is 1.43. The molecule has 0 aliphatic carbocycles. The van der Waals surface area contributed by atoms with E-state index in [9.17, 15) is 16.8 Å². The van der Waals surface area contributed by atoms with Crippen LogP contribution in [0, 0.1) is 13.8 Å².